The molecule has 0 aliphatic carbocycles. The van der Waals surface area contributed by atoms with E-state index in [4.69, 9.17) is 21.1 Å². The van der Waals surface area contributed by atoms with Crippen molar-refractivity contribution in [2.75, 3.05) is 18.4 Å². The molecule has 2 amide bonds. The van der Waals surface area contributed by atoms with Crippen LogP contribution in [0.1, 0.15) is 12.8 Å². The Labute approximate surface area is 150 Å². The minimum Gasteiger partial charge on any atom is -0.439 e. The van der Waals surface area contributed by atoms with Crippen molar-refractivity contribution in [1.82, 2.24) is 9.88 Å². The van der Waals surface area contributed by atoms with Gasteiger partial charge < -0.3 is 19.7 Å². The van der Waals surface area contributed by atoms with E-state index < -0.39 is 0 Å². The van der Waals surface area contributed by atoms with Gasteiger partial charge in [-0.15, -0.1) is 0 Å². The van der Waals surface area contributed by atoms with Crippen LogP contribution in [0.3, 0.4) is 0 Å². The summed E-state index contributed by atoms with van der Waals surface area (Å²) in [4.78, 5) is 18.4. The quantitative estimate of drug-likeness (QED) is 0.902. The molecule has 130 valence electrons. The van der Waals surface area contributed by atoms with Crippen molar-refractivity contribution in [1.29, 1.82) is 0 Å². The summed E-state index contributed by atoms with van der Waals surface area (Å²) in [5.41, 5.74) is 0.632. The van der Waals surface area contributed by atoms with E-state index in [1.807, 2.05) is 4.90 Å². The average molecular weight is 360 g/mol. The average Bonchev–Trinajstić information content (AvgIpc) is 2.96. The van der Waals surface area contributed by atoms with Crippen molar-refractivity contribution in [3.63, 3.8) is 0 Å². The highest BCUT2D eigenvalue weighted by Gasteiger charge is 2.35. The molecule has 0 spiro atoms. The topological polar surface area (TPSA) is 63.7 Å². The van der Waals surface area contributed by atoms with Crippen LogP contribution in [-0.2, 0) is 4.74 Å². The van der Waals surface area contributed by atoms with Gasteiger partial charge in [0.25, 0.3) is 0 Å². The second kappa shape index (κ2) is 6.90. The molecule has 2 atom stereocenters. The lowest BCUT2D eigenvalue weighted by Gasteiger charge is -2.32. The van der Waals surface area contributed by atoms with Crippen molar-refractivity contribution >= 4 is 23.3 Å². The van der Waals surface area contributed by atoms with Gasteiger partial charge in [-0.2, -0.15) is 0 Å². The Morgan fingerprint density at radius 2 is 1.88 bits per heavy atom. The first-order chi connectivity index (χ1) is 12.2. The Bertz CT molecular complexity index is 739. The molecule has 4 rings (SSSR count). The van der Waals surface area contributed by atoms with Crippen molar-refractivity contribution in [3.8, 4) is 11.6 Å². The molecule has 2 aromatic rings. The zero-order chi connectivity index (χ0) is 17.2. The van der Waals surface area contributed by atoms with Gasteiger partial charge in [-0.05, 0) is 43.2 Å². The third-order valence-electron chi connectivity index (χ3n) is 4.35. The zero-order valence-electron chi connectivity index (χ0n) is 13.5. The largest absolute Gasteiger partial charge is 0.439 e. The Hall–Kier alpha value is -2.31. The number of likely N-dealkylation sites (tertiary alicyclic amines) is 1. The lowest BCUT2D eigenvalue weighted by molar-refractivity contribution is -0.0219. The van der Waals surface area contributed by atoms with Crippen LogP contribution in [0.2, 0.25) is 5.02 Å². The van der Waals surface area contributed by atoms with Gasteiger partial charge in [-0.1, -0.05) is 11.6 Å². The van der Waals surface area contributed by atoms with E-state index in [1.54, 1.807) is 42.6 Å². The van der Waals surface area contributed by atoms with Gasteiger partial charge in [0.2, 0.25) is 5.88 Å². The normalized spacial score (nSPS) is 21.9. The van der Waals surface area contributed by atoms with E-state index in [9.17, 15) is 4.79 Å². The monoisotopic (exact) mass is 359 g/mol. The fraction of sp³-hybridized carbons (Fsp3) is 0.333. The summed E-state index contributed by atoms with van der Waals surface area (Å²) in [7, 11) is 0. The minimum absolute atomic E-state index is 0.117. The Morgan fingerprint density at radius 3 is 2.52 bits per heavy atom. The molecule has 3 heterocycles. The highest BCUT2D eigenvalue weighted by molar-refractivity contribution is 6.30. The van der Waals surface area contributed by atoms with Crippen molar-refractivity contribution in [2.45, 2.75) is 25.0 Å². The van der Waals surface area contributed by atoms with Crippen LogP contribution in [0.5, 0.6) is 11.6 Å². The zero-order valence-corrected chi connectivity index (χ0v) is 14.3. The van der Waals surface area contributed by atoms with E-state index in [-0.39, 0.29) is 18.2 Å². The van der Waals surface area contributed by atoms with Gasteiger partial charge in [0, 0.05) is 24.2 Å². The fourth-order valence-electron chi connectivity index (χ4n) is 3.12. The van der Waals surface area contributed by atoms with Gasteiger partial charge in [0.05, 0.1) is 24.1 Å². The number of fused-ring (bicyclic) bond motifs is 2. The molecule has 25 heavy (non-hydrogen) atoms. The van der Waals surface area contributed by atoms with Crippen LogP contribution < -0.4 is 10.1 Å². The molecule has 2 saturated heterocycles. The molecule has 7 heteroatoms. The number of ether oxygens (including phenoxy) is 2. The first-order valence-corrected chi connectivity index (χ1v) is 8.64. The van der Waals surface area contributed by atoms with Gasteiger partial charge in [-0.3, -0.25) is 0 Å². The van der Waals surface area contributed by atoms with Crippen LogP contribution >= 0.6 is 11.6 Å². The van der Waals surface area contributed by atoms with Crippen LogP contribution in [0.4, 0.5) is 10.5 Å². The molecule has 2 fully saturated rings. The highest BCUT2D eigenvalue weighted by atomic mass is 35.5. The number of rotatable bonds is 3. The lowest BCUT2D eigenvalue weighted by Crippen LogP contribution is -2.47. The van der Waals surface area contributed by atoms with E-state index in [2.05, 4.69) is 10.3 Å². The number of urea groups is 1. The minimum atomic E-state index is -0.117. The Morgan fingerprint density at radius 1 is 1.16 bits per heavy atom. The smallest absolute Gasteiger partial charge is 0.322 e. The number of nitrogens with one attached hydrogen (secondary N) is 1. The van der Waals surface area contributed by atoms with Crippen LogP contribution in [0.25, 0.3) is 0 Å². The van der Waals surface area contributed by atoms with Crippen molar-refractivity contribution < 1.29 is 14.3 Å². The summed E-state index contributed by atoms with van der Waals surface area (Å²) in [5.74, 6) is 1.10. The first kappa shape index (κ1) is 16.2. The van der Waals surface area contributed by atoms with Crippen LogP contribution in [0, 0.1) is 0 Å². The number of anilines is 1. The number of morpholine rings is 1. The molecular formula is C18H18ClN3O3. The number of nitrogens with zero attached hydrogens (tertiary/aromatic N) is 2. The lowest BCUT2D eigenvalue weighted by atomic mass is 10.2. The van der Waals surface area contributed by atoms with E-state index in [0.29, 0.717) is 35.4 Å². The molecule has 6 nitrogen and oxygen atoms in total. The summed E-state index contributed by atoms with van der Waals surface area (Å²) in [5, 5.41) is 3.52. The highest BCUT2D eigenvalue weighted by Crippen LogP contribution is 2.27. The van der Waals surface area contributed by atoms with Crippen molar-refractivity contribution in [3.05, 3.63) is 47.6 Å². The maximum Gasteiger partial charge on any atom is 0.322 e. The number of hydrogen-bond acceptors (Lipinski definition) is 4. The second-order valence-corrected chi connectivity index (χ2v) is 6.67. The first-order valence-electron chi connectivity index (χ1n) is 8.26. The molecule has 0 saturated carbocycles. The molecule has 2 bridgehead atoms. The molecule has 1 aromatic heterocycles. The van der Waals surface area contributed by atoms with Gasteiger partial charge >= 0.3 is 6.03 Å². The standard InChI is InChI=1S/C18H18ClN3O3/c19-12-1-4-14(5-2-12)25-17-8-3-13(9-20-17)21-18(23)22-10-15-6-7-16(11-22)24-15/h1-5,8-9,15-16H,6-7,10-11H2,(H,21,23). The summed E-state index contributed by atoms with van der Waals surface area (Å²) in [6, 6.07) is 10.4. The SMILES string of the molecule is O=C(Nc1ccc(Oc2ccc(Cl)cc2)nc1)N1CC2CCC(C1)O2. The Kier molecular flexibility index (Phi) is 4.46. The molecule has 1 N–H and O–H groups in total. The predicted molar refractivity (Wildman–Crippen MR) is 94.2 cm³/mol. The number of halogens is 1. The van der Waals surface area contributed by atoms with E-state index in [0.717, 1.165) is 12.8 Å². The van der Waals surface area contributed by atoms with Crippen LogP contribution in [0.15, 0.2) is 42.6 Å². The predicted octanol–water partition coefficient (Wildman–Crippen LogP) is 3.92. The molecule has 2 unspecified atom stereocenters. The number of pyridine rings is 1. The second-order valence-electron chi connectivity index (χ2n) is 6.23. The molecule has 2 aliphatic heterocycles. The van der Waals surface area contributed by atoms with Crippen LogP contribution in [-0.4, -0.2) is 41.2 Å². The Balaban J connectivity index is 1.35. The molecule has 1 aromatic carbocycles. The number of carbonyl (C=O) groups excluding carboxylic acids is 1. The summed E-state index contributed by atoms with van der Waals surface area (Å²) in [6.07, 6.45) is 4.01. The number of hydrogen-bond donors (Lipinski definition) is 1. The third kappa shape index (κ3) is 3.86. The maximum atomic E-state index is 12.4. The van der Waals surface area contributed by atoms with E-state index in [1.165, 1.54) is 0 Å². The van der Waals surface area contributed by atoms with Gasteiger partial charge in [0.1, 0.15) is 5.75 Å². The fourth-order valence-corrected chi connectivity index (χ4v) is 3.25. The molecule has 2 aliphatic rings. The summed E-state index contributed by atoms with van der Waals surface area (Å²) >= 11 is 5.85. The number of carbonyl (C=O) groups is 1. The number of amides is 2. The third-order valence-corrected chi connectivity index (χ3v) is 4.61. The maximum absolute atomic E-state index is 12.4. The van der Waals surface area contributed by atoms with Gasteiger partial charge in [0.15, 0.2) is 0 Å². The molecule has 0 radical (unpaired) electrons. The van der Waals surface area contributed by atoms with Gasteiger partial charge in [-0.25, -0.2) is 9.78 Å². The number of benzene rings is 1. The van der Waals surface area contributed by atoms with Crippen molar-refractivity contribution in [2.24, 2.45) is 0 Å². The van der Waals surface area contributed by atoms with E-state index >= 15 is 0 Å². The summed E-state index contributed by atoms with van der Waals surface area (Å²) in [6.45, 7) is 1.29. The molecular weight excluding hydrogens is 342 g/mol. The number of aromatic nitrogens is 1. The summed E-state index contributed by atoms with van der Waals surface area (Å²) < 4.78 is 11.4.